The highest BCUT2D eigenvalue weighted by atomic mass is 35.5. The Morgan fingerprint density at radius 1 is 1.15 bits per heavy atom. The molecule has 1 fully saturated rings. The Bertz CT molecular complexity index is 1610. The average Bonchev–Trinajstić information content (AvgIpc) is 3.69. The highest BCUT2D eigenvalue weighted by molar-refractivity contribution is 6.33. The minimum absolute atomic E-state index is 0.0291. The minimum atomic E-state index is -4.64. The number of carboxylic acids is 1. The number of aromatic carboxylic acids is 1. The summed E-state index contributed by atoms with van der Waals surface area (Å²) in [5, 5.41) is 14.1. The van der Waals surface area contributed by atoms with Gasteiger partial charge in [0.15, 0.2) is 0 Å². The van der Waals surface area contributed by atoms with Crippen molar-refractivity contribution in [2.75, 3.05) is 0 Å². The summed E-state index contributed by atoms with van der Waals surface area (Å²) in [5.74, 6) is -2.44. The fraction of sp³-hybridized carbons (Fsp3) is 0.276. The smallest absolute Gasteiger partial charge is 0.397 e. The van der Waals surface area contributed by atoms with Crippen LogP contribution in [0.5, 0.6) is 17.4 Å². The first kappa shape index (κ1) is 26.2. The summed E-state index contributed by atoms with van der Waals surface area (Å²) in [6, 6.07) is 12.1. The van der Waals surface area contributed by atoms with Crippen LogP contribution in [0.15, 0.2) is 53.1 Å². The van der Waals surface area contributed by atoms with Crippen LogP contribution in [-0.2, 0) is 13.0 Å². The molecule has 6 rings (SSSR count). The lowest BCUT2D eigenvalue weighted by molar-refractivity contribution is -0.151. The number of benzene rings is 2. The zero-order valence-corrected chi connectivity index (χ0v) is 21.8. The molecule has 3 heterocycles. The Balaban J connectivity index is 1.35. The normalized spacial score (nSPS) is 16.5. The van der Waals surface area contributed by atoms with Gasteiger partial charge in [-0.15, -0.1) is 0 Å². The van der Waals surface area contributed by atoms with E-state index in [1.54, 1.807) is 6.07 Å². The van der Waals surface area contributed by atoms with Gasteiger partial charge in [-0.05, 0) is 61.6 Å². The summed E-state index contributed by atoms with van der Waals surface area (Å²) in [6.07, 6.45) is -3.22. The Morgan fingerprint density at radius 2 is 1.95 bits per heavy atom. The third kappa shape index (κ3) is 4.88. The number of ether oxygens (including phenoxy) is 2. The minimum Gasteiger partial charge on any atom is -0.478 e. The number of aryl methyl sites for hydroxylation is 1. The number of fused-ring (bicyclic) bond motifs is 2. The van der Waals surface area contributed by atoms with Crippen LogP contribution in [0.4, 0.5) is 13.2 Å². The molecule has 2 aliphatic rings. The molecule has 2 aromatic heterocycles. The van der Waals surface area contributed by atoms with Gasteiger partial charge in [-0.2, -0.15) is 13.2 Å². The van der Waals surface area contributed by atoms with Crippen LogP contribution in [0.25, 0.3) is 11.3 Å². The van der Waals surface area contributed by atoms with Crippen LogP contribution in [0.2, 0.25) is 5.02 Å². The molecule has 206 valence electrons. The molecule has 1 atom stereocenters. The van der Waals surface area contributed by atoms with Crippen molar-refractivity contribution in [1.82, 2.24) is 10.1 Å². The summed E-state index contributed by atoms with van der Waals surface area (Å²) in [7, 11) is 0. The number of rotatable bonds is 6. The number of pyridine rings is 1. The van der Waals surface area contributed by atoms with Crippen molar-refractivity contribution in [2.45, 2.75) is 50.8 Å². The van der Waals surface area contributed by atoms with Gasteiger partial charge in [0.1, 0.15) is 35.5 Å². The number of hydrogen-bond acceptors (Lipinski definition) is 6. The van der Waals surface area contributed by atoms with Gasteiger partial charge in [-0.3, -0.25) is 0 Å². The van der Waals surface area contributed by atoms with Crippen molar-refractivity contribution in [3.05, 3.63) is 87.3 Å². The molecule has 0 amide bonds. The molecule has 1 aliphatic heterocycles. The first-order valence-corrected chi connectivity index (χ1v) is 13.0. The largest absolute Gasteiger partial charge is 0.478 e. The monoisotopic (exact) mass is 570 g/mol. The van der Waals surface area contributed by atoms with Gasteiger partial charge in [0, 0.05) is 17.5 Å². The van der Waals surface area contributed by atoms with Gasteiger partial charge < -0.3 is 19.1 Å². The second-order valence-corrected chi connectivity index (χ2v) is 10.3. The third-order valence-corrected chi connectivity index (χ3v) is 7.45. The van der Waals surface area contributed by atoms with E-state index in [2.05, 4.69) is 10.1 Å². The molecule has 4 aromatic rings. The highest BCUT2D eigenvalue weighted by Gasteiger charge is 2.45. The molecule has 11 heteroatoms. The summed E-state index contributed by atoms with van der Waals surface area (Å²) >= 11 is 6.49. The first-order valence-electron chi connectivity index (χ1n) is 12.6. The SMILES string of the molecule is Cc1cccc(Cl)c1-c1noc(C2CC2)c1COc1ccc2c(n1)[C@@H](C(F)(F)F)Cc1ccc(C(=O)O)cc1O2. The van der Waals surface area contributed by atoms with E-state index in [9.17, 15) is 23.1 Å². The van der Waals surface area contributed by atoms with Crippen molar-refractivity contribution in [1.29, 1.82) is 0 Å². The van der Waals surface area contributed by atoms with Gasteiger partial charge in [-0.25, -0.2) is 9.78 Å². The van der Waals surface area contributed by atoms with Crippen molar-refractivity contribution >= 4 is 17.6 Å². The number of halogens is 4. The molecule has 2 aromatic carbocycles. The lowest BCUT2D eigenvalue weighted by Crippen LogP contribution is -2.23. The van der Waals surface area contributed by atoms with Crippen LogP contribution in [0.1, 0.15) is 63.2 Å². The van der Waals surface area contributed by atoms with Gasteiger partial charge in [0.2, 0.25) is 5.88 Å². The van der Waals surface area contributed by atoms with E-state index in [0.29, 0.717) is 27.6 Å². The molecule has 1 saturated carbocycles. The Hall–Kier alpha value is -4.05. The fourth-order valence-electron chi connectivity index (χ4n) is 4.92. The Labute approximate surface area is 231 Å². The number of hydrogen-bond donors (Lipinski definition) is 1. The quantitative estimate of drug-likeness (QED) is 0.252. The standard InChI is InChI=1S/C29H22ClF3N2O5/c1-14-3-2-4-20(30)24(14)25-18(27(40-35-25)15-5-6-15)13-38-23-10-9-21-26(34-23)19(29(31,32)33)11-16-7-8-17(28(36)37)12-22(16)39-21/h2-4,7-10,12,15,19H,5-6,11,13H2,1H3,(H,36,37)/t19-/m0/s1. The van der Waals surface area contributed by atoms with Crippen LogP contribution in [0, 0.1) is 6.92 Å². The van der Waals surface area contributed by atoms with E-state index in [1.165, 1.54) is 30.3 Å². The summed E-state index contributed by atoms with van der Waals surface area (Å²) in [6.45, 7) is 1.86. The molecule has 1 N–H and O–H groups in total. The van der Waals surface area contributed by atoms with E-state index < -0.39 is 24.5 Å². The molecular weight excluding hydrogens is 549 g/mol. The van der Waals surface area contributed by atoms with Crippen LogP contribution in [-0.4, -0.2) is 27.4 Å². The van der Waals surface area contributed by atoms with Crippen molar-refractivity contribution in [3.63, 3.8) is 0 Å². The van der Waals surface area contributed by atoms with E-state index in [1.807, 2.05) is 19.1 Å². The Kier molecular flexibility index (Phi) is 6.45. The topological polar surface area (TPSA) is 94.7 Å². The van der Waals surface area contributed by atoms with Crippen molar-refractivity contribution in [3.8, 4) is 28.6 Å². The van der Waals surface area contributed by atoms with E-state index in [0.717, 1.165) is 18.4 Å². The number of nitrogens with zero attached hydrogens (tertiary/aromatic N) is 2. The molecule has 0 bridgehead atoms. The second-order valence-electron chi connectivity index (χ2n) is 9.93. The summed E-state index contributed by atoms with van der Waals surface area (Å²) in [5.41, 5.74) is 2.59. The Morgan fingerprint density at radius 3 is 2.65 bits per heavy atom. The van der Waals surface area contributed by atoms with Gasteiger partial charge in [0.25, 0.3) is 0 Å². The molecule has 0 radical (unpaired) electrons. The summed E-state index contributed by atoms with van der Waals surface area (Å²) < 4.78 is 60.1. The molecule has 40 heavy (non-hydrogen) atoms. The lowest BCUT2D eigenvalue weighted by Gasteiger charge is -2.19. The van der Waals surface area contributed by atoms with Gasteiger partial charge >= 0.3 is 12.1 Å². The van der Waals surface area contributed by atoms with Crippen molar-refractivity contribution in [2.24, 2.45) is 0 Å². The number of carbonyl (C=O) groups is 1. The molecule has 0 saturated heterocycles. The average molecular weight is 571 g/mol. The predicted octanol–water partition coefficient (Wildman–Crippen LogP) is 7.85. The second kappa shape index (κ2) is 9.85. The first-order chi connectivity index (χ1) is 19.1. The maximum atomic E-state index is 14.2. The molecule has 0 spiro atoms. The highest BCUT2D eigenvalue weighted by Crippen LogP contribution is 2.48. The van der Waals surface area contributed by atoms with Crippen LogP contribution >= 0.6 is 11.6 Å². The van der Waals surface area contributed by atoms with E-state index in [4.69, 9.17) is 25.6 Å². The zero-order valence-electron chi connectivity index (χ0n) is 21.1. The predicted molar refractivity (Wildman–Crippen MR) is 138 cm³/mol. The maximum absolute atomic E-state index is 14.2. The van der Waals surface area contributed by atoms with Crippen LogP contribution in [0.3, 0.4) is 0 Å². The summed E-state index contributed by atoms with van der Waals surface area (Å²) in [4.78, 5) is 15.6. The maximum Gasteiger partial charge on any atom is 0.397 e. The molecule has 7 nitrogen and oxygen atoms in total. The number of carboxylic acid groups (broad SMARTS) is 1. The van der Waals surface area contributed by atoms with E-state index >= 15 is 0 Å². The number of aromatic nitrogens is 2. The van der Waals surface area contributed by atoms with Gasteiger partial charge in [0.05, 0.1) is 21.8 Å². The molecule has 1 aliphatic carbocycles. The van der Waals surface area contributed by atoms with E-state index in [-0.39, 0.29) is 46.7 Å². The third-order valence-electron chi connectivity index (χ3n) is 7.13. The molecular formula is C29H22ClF3N2O5. The fourth-order valence-corrected chi connectivity index (χ4v) is 5.23. The van der Waals surface area contributed by atoms with Crippen LogP contribution < -0.4 is 9.47 Å². The van der Waals surface area contributed by atoms with Crippen molar-refractivity contribution < 1.29 is 37.1 Å². The number of alkyl halides is 3. The lowest BCUT2D eigenvalue weighted by atomic mass is 9.94. The van der Waals surface area contributed by atoms with Gasteiger partial charge in [-0.1, -0.05) is 35.0 Å². The molecule has 0 unspecified atom stereocenters. The zero-order chi connectivity index (χ0) is 28.2.